The third-order valence-electron chi connectivity index (χ3n) is 4.69. The Morgan fingerprint density at radius 3 is 2.55 bits per heavy atom. The van der Waals surface area contributed by atoms with Gasteiger partial charge >= 0.3 is 0 Å². The van der Waals surface area contributed by atoms with E-state index in [0.29, 0.717) is 12.5 Å². The Bertz CT molecular complexity index is 609. The van der Waals surface area contributed by atoms with Crippen molar-refractivity contribution < 1.29 is 5.11 Å². The minimum Gasteiger partial charge on any atom is -0.395 e. The first-order valence-corrected chi connectivity index (χ1v) is 7.79. The molecule has 1 saturated carbocycles. The zero-order valence-corrected chi connectivity index (χ0v) is 12.5. The second kappa shape index (κ2) is 5.57. The fraction of sp³-hybridized carbons (Fsp3) is 0.588. The van der Waals surface area contributed by atoms with Gasteiger partial charge in [0.2, 0.25) is 0 Å². The minimum absolute atomic E-state index is 0.179. The van der Waals surface area contributed by atoms with Crippen LogP contribution in [0.4, 0.5) is 0 Å². The van der Waals surface area contributed by atoms with Gasteiger partial charge in [-0.15, -0.1) is 0 Å². The van der Waals surface area contributed by atoms with E-state index in [1.54, 1.807) is 0 Å². The Kier molecular flexibility index (Phi) is 3.79. The lowest BCUT2D eigenvalue weighted by Gasteiger charge is -2.22. The van der Waals surface area contributed by atoms with Crippen molar-refractivity contribution >= 4 is 11.0 Å². The van der Waals surface area contributed by atoms with Crippen LogP contribution in [-0.4, -0.2) is 21.3 Å². The smallest absolute Gasteiger partial charge is 0.113 e. The van der Waals surface area contributed by atoms with Crippen LogP contribution in [0.1, 0.15) is 55.0 Å². The normalized spacial score (nSPS) is 16.9. The number of hydrogen-bond acceptors (Lipinski definition) is 2. The average Bonchev–Trinajstić information content (AvgIpc) is 2.79. The number of fused-ring (bicyclic) bond motifs is 1. The molecule has 0 saturated heterocycles. The van der Waals surface area contributed by atoms with E-state index in [2.05, 4.69) is 30.5 Å². The van der Waals surface area contributed by atoms with E-state index >= 15 is 0 Å². The summed E-state index contributed by atoms with van der Waals surface area (Å²) in [5, 5.41) is 9.40. The standard InChI is InChI=1S/C17H24N2O/c1-12-10-15-16(11-13(12)2)19(8-9-20)17(18-15)14-6-4-3-5-7-14/h10-11,14,20H,3-9H2,1-2H3. The van der Waals surface area contributed by atoms with Crippen LogP contribution in [0.15, 0.2) is 12.1 Å². The highest BCUT2D eigenvalue weighted by molar-refractivity contribution is 5.78. The second-order valence-electron chi connectivity index (χ2n) is 6.11. The molecule has 0 aliphatic heterocycles. The molecule has 3 nitrogen and oxygen atoms in total. The van der Waals surface area contributed by atoms with Crippen molar-refractivity contribution in [2.45, 2.75) is 58.4 Å². The zero-order chi connectivity index (χ0) is 14.1. The average molecular weight is 272 g/mol. The van der Waals surface area contributed by atoms with Crippen molar-refractivity contribution in [2.24, 2.45) is 0 Å². The molecular formula is C17H24N2O. The summed E-state index contributed by atoms with van der Waals surface area (Å²) in [5.41, 5.74) is 4.86. The number of rotatable bonds is 3. The number of imidazole rings is 1. The molecule has 108 valence electrons. The van der Waals surface area contributed by atoms with Crippen LogP contribution in [0.2, 0.25) is 0 Å². The summed E-state index contributed by atoms with van der Waals surface area (Å²) in [5.74, 6) is 1.77. The lowest BCUT2D eigenvalue weighted by Crippen LogP contribution is -2.13. The first kappa shape index (κ1) is 13.6. The van der Waals surface area contributed by atoms with E-state index in [1.165, 1.54) is 54.6 Å². The van der Waals surface area contributed by atoms with Gasteiger partial charge in [-0.2, -0.15) is 0 Å². The van der Waals surface area contributed by atoms with Gasteiger partial charge in [0.1, 0.15) is 5.82 Å². The SMILES string of the molecule is Cc1cc2nc(C3CCCCC3)n(CCO)c2cc1C. The molecule has 0 bridgehead atoms. The zero-order valence-electron chi connectivity index (χ0n) is 12.5. The van der Waals surface area contributed by atoms with Gasteiger partial charge in [-0.25, -0.2) is 4.98 Å². The topological polar surface area (TPSA) is 38.0 Å². The molecule has 0 spiro atoms. The molecule has 1 aromatic heterocycles. The van der Waals surface area contributed by atoms with Gasteiger partial charge in [-0.05, 0) is 49.9 Å². The molecule has 3 rings (SSSR count). The molecule has 0 radical (unpaired) electrons. The van der Waals surface area contributed by atoms with Gasteiger partial charge in [0.25, 0.3) is 0 Å². The van der Waals surface area contributed by atoms with Gasteiger partial charge in [-0.3, -0.25) is 0 Å². The van der Waals surface area contributed by atoms with Crippen molar-refractivity contribution in [3.05, 3.63) is 29.1 Å². The molecule has 1 N–H and O–H groups in total. The molecule has 1 aliphatic rings. The molecule has 1 aliphatic carbocycles. The summed E-state index contributed by atoms with van der Waals surface area (Å²) in [4.78, 5) is 4.91. The molecule has 0 amide bonds. The van der Waals surface area contributed by atoms with E-state index in [4.69, 9.17) is 4.98 Å². The summed E-state index contributed by atoms with van der Waals surface area (Å²) in [7, 11) is 0. The highest BCUT2D eigenvalue weighted by atomic mass is 16.3. The van der Waals surface area contributed by atoms with Crippen LogP contribution >= 0.6 is 0 Å². The quantitative estimate of drug-likeness (QED) is 0.925. The second-order valence-corrected chi connectivity index (χ2v) is 6.11. The Balaban J connectivity index is 2.12. The van der Waals surface area contributed by atoms with E-state index < -0.39 is 0 Å². The summed E-state index contributed by atoms with van der Waals surface area (Å²) >= 11 is 0. The number of aliphatic hydroxyl groups excluding tert-OH is 1. The van der Waals surface area contributed by atoms with E-state index in [-0.39, 0.29) is 6.61 Å². The monoisotopic (exact) mass is 272 g/mol. The fourth-order valence-corrected chi connectivity index (χ4v) is 3.41. The van der Waals surface area contributed by atoms with Crippen LogP contribution in [0, 0.1) is 13.8 Å². The number of aryl methyl sites for hydroxylation is 2. The van der Waals surface area contributed by atoms with Gasteiger partial charge in [0, 0.05) is 12.5 Å². The largest absolute Gasteiger partial charge is 0.395 e. The fourth-order valence-electron chi connectivity index (χ4n) is 3.41. The van der Waals surface area contributed by atoms with Crippen LogP contribution in [0.3, 0.4) is 0 Å². The van der Waals surface area contributed by atoms with Crippen molar-refractivity contribution in [2.75, 3.05) is 6.61 Å². The molecular weight excluding hydrogens is 248 g/mol. The van der Waals surface area contributed by atoms with Gasteiger partial charge in [0.15, 0.2) is 0 Å². The van der Waals surface area contributed by atoms with E-state index in [1.807, 2.05) is 0 Å². The Morgan fingerprint density at radius 1 is 1.15 bits per heavy atom. The van der Waals surface area contributed by atoms with Crippen LogP contribution in [0.5, 0.6) is 0 Å². The first-order chi connectivity index (χ1) is 9.70. The molecule has 2 aromatic rings. The molecule has 20 heavy (non-hydrogen) atoms. The van der Waals surface area contributed by atoms with E-state index in [0.717, 1.165) is 5.52 Å². The molecule has 1 aromatic carbocycles. The predicted molar refractivity (Wildman–Crippen MR) is 82.1 cm³/mol. The van der Waals surface area contributed by atoms with Gasteiger partial charge in [0.05, 0.1) is 17.6 Å². The Labute approximate surface area is 120 Å². The van der Waals surface area contributed by atoms with Gasteiger partial charge < -0.3 is 9.67 Å². The van der Waals surface area contributed by atoms with Gasteiger partial charge in [-0.1, -0.05) is 19.3 Å². The van der Waals surface area contributed by atoms with Crippen molar-refractivity contribution in [3.63, 3.8) is 0 Å². The van der Waals surface area contributed by atoms with Crippen LogP contribution in [0.25, 0.3) is 11.0 Å². The first-order valence-electron chi connectivity index (χ1n) is 7.79. The number of hydrogen-bond donors (Lipinski definition) is 1. The number of aromatic nitrogens is 2. The highest BCUT2D eigenvalue weighted by Gasteiger charge is 2.22. The van der Waals surface area contributed by atoms with Crippen molar-refractivity contribution in [3.8, 4) is 0 Å². The third-order valence-corrected chi connectivity index (χ3v) is 4.69. The molecule has 0 unspecified atom stereocenters. The summed E-state index contributed by atoms with van der Waals surface area (Å²) in [6.45, 7) is 5.12. The maximum absolute atomic E-state index is 9.40. The summed E-state index contributed by atoms with van der Waals surface area (Å²) < 4.78 is 2.25. The highest BCUT2D eigenvalue weighted by Crippen LogP contribution is 2.34. The lowest BCUT2D eigenvalue weighted by atomic mass is 9.88. The van der Waals surface area contributed by atoms with Crippen LogP contribution < -0.4 is 0 Å². The molecule has 3 heteroatoms. The van der Waals surface area contributed by atoms with Crippen molar-refractivity contribution in [1.29, 1.82) is 0 Å². The summed E-state index contributed by atoms with van der Waals surface area (Å²) in [6, 6.07) is 4.41. The summed E-state index contributed by atoms with van der Waals surface area (Å²) in [6.07, 6.45) is 6.46. The predicted octanol–water partition coefficient (Wildman–Crippen LogP) is 3.69. The molecule has 1 heterocycles. The van der Waals surface area contributed by atoms with Crippen molar-refractivity contribution in [1.82, 2.24) is 9.55 Å². The lowest BCUT2D eigenvalue weighted by molar-refractivity contribution is 0.273. The number of nitrogens with zero attached hydrogens (tertiary/aromatic N) is 2. The van der Waals surface area contributed by atoms with Crippen LogP contribution in [-0.2, 0) is 6.54 Å². The third kappa shape index (κ3) is 2.35. The number of aliphatic hydroxyl groups is 1. The Hall–Kier alpha value is -1.35. The van der Waals surface area contributed by atoms with E-state index in [9.17, 15) is 5.11 Å². The minimum atomic E-state index is 0.179. The maximum Gasteiger partial charge on any atom is 0.113 e. The maximum atomic E-state index is 9.40. The Morgan fingerprint density at radius 2 is 1.85 bits per heavy atom. The number of benzene rings is 1. The molecule has 1 fully saturated rings. The molecule has 0 atom stereocenters.